The van der Waals surface area contributed by atoms with Crippen molar-refractivity contribution in [3.63, 3.8) is 0 Å². The van der Waals surface area contributed by atoms with Gasteiger partial charge in [0.05, 0.1) is 0 Å². The lowest BCUT2D eigenvalue weighted by atomic mass is 10.1. The van der Waals surface area contributed by atoms with Gasteiger partial charge in [-0.25, -0.2) is 15.8 Å². The van der Waals surface area contributed by atoms with Crippen molar-refractivity contribution < 1.29 is 9.47 Å². The van der Waals surface area contributed by atoms with Crippen molar-refractivity contribution in [3.05, 3.63) is 11.9 Å². The minimum absolute atomic E-state index is 0.383. The van der Waals surface area contributed by atoms with Crippen molar-refractivity contribution in [2.24, 2.45) is 5.84 Å². The Kier molecular flexibility index (Phi) is 5.31. The molecular formula is C12H21N5O2. The van der Waals surface area contributed by atoms with Gasteiger partial charge in [-0.05, 0) is 19.8 Å². The Morgan fingerprint density at radius 3 is 2.79 bits per heavy atom. The van der Waals surface area contributed by atoms with Crippen LogP contribution in [-0.2, 0) is 16.1 Å². The highest BCUT2D eigenvalue weighted by molar-refractivity contribution is 5.47. The molecule has 1 aromatic rings. The molecule has 2 heterocycles. The van der Waals surface area contributed by atoms with Crippen LogP contribution in [0.2, 0.25) is 0 Å². The largest absolute Gasteiger partial charge is 0.381 e. The van der Waals surface area contributed by atoms with Gasteiger partial charge < -0.3 is 20.2 Å². The van der Waals surface area contributed by atoms with Crippen LogP contribution >= 0.6 is 0 Å². The molecule has 0 aliphatic carbocycles. The van der Waals surface area contributed by atoms with Crippen LogP contribution < -0.4 is 16.6 Å². The van der Waals surface area contributed by atoms with E-state index in [4.69, 9.17) is 15.3 Å². The molecule has 0 amide bonds. The van der Waals surface area contributed by atoms with Crippen LogP contribution in [0.3, 0.4) is 0 Å². The molecule has 0 aromatic carbocycles. The van der Waals surface area contributed by atoms with Gasteiger partial charge in [0, 0.05) is 31.9 Å². The van der Waals surface area contributed by atoms with Gasteiger partial charge in [-0.2, -0.15) is 0 Å². The van der Waals surface area contributed by atoms with Crippen molar-refractivity contribution in [1.29, 1.82) is 0 Å². The van der Waals surface area contributed by atoms with E-state index in [0.29, 0.717) is 30.9 Å². The molecule has 1 aromatic heterocycles. The Hall–Kier alpha value is -1.44. The first-order chi connectivity index (χ1) is 9.31. The summed E-state index contributed by atoms with van der Waals surface area (Å²) >= 11 is 0. The third-order valence-corrected chi connectivity index (χ3v) is 2.93. The van der Waals surface area contributed by atoms with E-state index in [2.05, 4.69) is 20.7 Å². The third-order valence-electron chi connectivity index (χ3n) is 2.93. The Bertz CT molecular complexity index is 396. The van der Waals surface area contributed by atoms with Crippen LogP contribution in [0.5, 0.6) is 0 Å². The first-order valence-corrected chi connectivity index (χ1v) is 6.58. The lowest BCUT2D eigenvalue weighted by Gasteiger charge is -2.23. The van der Waals surface area contributed by atoms with E-state index in [1.807, 2.05) is 6.92 Å². The number of hydrogen-bond donors (Lipinski definition) is 3. The summed E-state index contributed by atoms with van der Waals surface area (Å²) < 4.78 is 10.7. The summed E-state index contributed by atoms with van der Waals surface area (Å²) in [5.74, 6) is 7.39. The molecule has 1 fully saturated rings. The van der Waals surface area contributed by atoms with Gasteiger partial charge >= 0.3 is 0 Å². The summed E-state index contributed by atoms with van der Waals surface area (Å²) in [6.45, 7) is 4.53. The number of nitrogens with zero attached hydrogens (tertiary/aromatic N) is 2. The van der Waals surface area contributed by atoms with Crippen molar-refractivity contribution in [3.8, 4) is 0 Å². The summed E-state index contributed by atoms with van der Waals surface area (Å²) in [5, 5.41) is 3.39. The molecule has 0 unspecified atom stereocenters. The van der Waals surface area contributed by atoms with E-state index >= 15 is 0 Å². The molecular weight excluding hydrogens is 246 g/mol. The van der Waals surface area contributed by atoms with Crippen molar-refractivity contribution in [1.82, 2.24) is 9.97 Å². The van der Waals surface area contributed by atoms with E-state index in [0.717, 1.165) is 31.9 Å². The third kappa shape index (κ3) is 4.30. The second-order valence-electron chi connectivity index (χ2n) is 4.37. The van der Waals surface area contributed by atoms with Crippen molar-refractivity contribution in [2.75, 3.05) is 30.6 Å². The van der Waals surface area contributed by atoms with Gasteiger partial charge in [0.2, 0.25) is 0 Å². The molecule has 2 rings (SSSR count). The molecule has 19 heavy (non-hydrogen) atoms. The Labute approximate surface area is 112 Å². The molecule has 0 radical (unpaired) electrons. The SMILES string of the molecule is CCOCc1nc(NN)cc(NC2CCOCC2)n1. The number of nitrogens with one attached hydrogen (secondary N) is 2. The van der Waals surface area contributed by atoms with Crippen LogP contribution in [0.1, 0.15) is 25.6 Å². The summed E-state index contributed by atoms with van der Waals surface area (Å²) in [7, 11) is 0. The average Bonchev–Trinajstić information content (AvgIpc) is 2.46. The maximum absolute atomic E-state index is 5.42. The number of hydrazine groups is 1. The highest BCUT2D eigenvalue weighted by atomic mass is 16.5. The summed E-state index contributed by atoms with van der Waals surface area (Å²) in [4.78, 5) is 8.67. The van der Waals surface area contributed by atoms with Crippen molar-refractivity contribution >= 4 is 11.6 Å². The normalized spacial score (nSPS) is 16.3. The minimum Gasteiger partial charge on any atom is -0.381 e. The molecule has 7 heteroatoms. The monoisotopic (exact) mass is 267 g/mol. The predicted octanol–water partition coefficient (Wildman–Crippen LogP) is 0.890. The fraction of sp³-hybridized carbons (Fsp3) is 0.667. The van der Waals surface area contributed by atoms with Gasteiger partial charge in [-0.15, -0.1) is 0 Å². The molecule has 1 aliphatic rings. The van der Waals surface area contributed by atoms with E-state index in [1.54, 1.807) is 6.07 Å². The Morgan fingerprint density at radius 1 is 1.37 bits per heavy atom. The van der Waals surface area contributed by atoms with E-state index in [9.17, 15) is 0 Å². The fourth-order valence-corrected chi connectivity index (χ4v) is 1.95. The van der Waals surface area contributed by atoms with Crippen LogP contribution in [0.25, 0.3) is 0 Å². The van der Waals surface area contributed by atoms with Gasteiger partial charge in [0.15, 0.2) is 5.82 Å². The quantitative estimate of drug-likeness (QED) is 0.520. The molecule has 7 nitrogen and oxygen atoms in total. The first-order valence-electron chi connectivity index (χ1n) is 6.58. The zero-order valence-electron chi connectivity index (χ0n) is 11.2. The maximum atomic E-state index is 5.42. The lowest BCUT2D eigenvalue weighted by molar-refractivity contribution is 0.0903. The number of aromatic nitrogens is 2. The van der Waals surface area contributed by atoms with Gasteiger partial charge in [0.25, 0.3) is 0 Å². The maximum Gasteiger partial charge on any atom is 0.158 e. The minimum atomic E-state index is 0.383. The second-order valence-corrected chi connectivity index (χ2v) is 4.37. The predicted molar refractivity (Wildman–Crippen MR) is 72.6 cm³/mol. The number of ether oxygens (including phenoxy) is 2. The van der Waals surface area contributed by atoms with Crippen LogP contribution in [0, 0.1) is 0 Å². The average molecular weight is 267 g/mol. The highest BCUT2D eigenvalue weighted by Gasteiger charge is 2.14. The van der Waals surface area contributed by atoms with Gasteiger partial charge in [-0.1, -0.05) is 0 Å². The zero-order valence-corrected chi connectivity index (χ0v) is 11.2. The topological polar surface area (TPSA) is 94.3 Å². The first kappa shape index (κ1) is 14.0. The molecule has 0 saturated carbocycles. The van der Waals surface area contributed by atoms with Gasteiger partial charge in [0.1, 0.15) is 18.2 Å². The summed E-state index contributed by atoms with van der Waals surface area (Å²) in [6.07, 6.45) is 1.96. The van der Waals surface area contributed by atoms with Crippen molar-refractivity contribution in [2.45, 2.75) is 32.4 Å². The van der Waals surface area contributed by atoms with E-state index in [1.165, 1.54) is 0 Å². The molecule has 1 saturated heterocycles. The summed E-state index contributed by atoms with van der Waals surface area (Å²) in [5.41, 5.74) is 2.55. The molecule has 1 aliphatic heterocycles. The molecule has 0 spiro atoms. The standard InChI is InChI=1S/C12H21N5O2/c1-2-18-8-12-15-10(7-11(16-12)17-13)14-9-3-5-19-6-4-9/h7,9H,2-6,8,13H2,1H3,(H2,14,15,16,17). The lowest BCUT2D eigenvalue weighted by Crippen LogP contribution is -2.28. The highest BCUT2D eigenvalue weighted by Crippen LogP contribution is 2.16. The Morgan fingerprint density at radius 2 is 2.11 bits per heavy atom. The molecule has 0 atom stereocenters. The van der Waals surface area contributed by atoms with Crippen LogP contribution in [-0.4, -0.2) is 35.8 Å². The Balaban J connectivity index is 2.04. The number of anilines is 2. The number of rotatable bonds is 6. The number of nitrogens with two attached hydrogens (primary N) is 1. The smallest absolute Gasteiger partial charge is 0.158 e. The van der Waals surface area contributed by atoms with Gasteiger partial charge in [-0.3, -0.25) is 0 Å². The van der Waals surface area contributed by atoms with E-state index in [-0.39, 0.29) is 0 Å². The number of nitrogen functional groups attached to an aromatic ring is 1. The number of hydrogen-bond acceptors (Lipinski definition) is 7. The summed E-state index contributed by atoms with van der Waals surface area (Å²) in [6, 6.07) is 2.18. The molecule has 0 bridgehead atoms. The molecule has 106 valence electrons. The second kappa shape index (κ2) is 7.22. The van der Waals surface area contributed by atoms with Crippen LogP contribution in [0.4, 0.5) is 11.6 Å². The van der Waals surface area contributed by atoms with E-state index < -0.39 is 0 Å². The zero-order chi connectivity index (χ0) is 13.5. The van der Waals surface area contributed by atoms with Crippen LogP contribution in [0.15, 0.2) is 6.07 Å². The molecule has 4 N–H and O–H groups in total. The fourth-order valence-electron chi connectivity index (χ4n) is 1.95.